The van der Waals surface area contributed by atoms with Crippen molar-refractivity contribution in [3.63, 3.8) is 0 Å². The summed E-state index contributed by atoms with van der Waals surface area (Å²) >= 11 is 0. The molecule has 2 aliphatic carbocycles. The van der Waals surface area contributed by atoms with Crippen molar-refractivity contribution in [1.82, 2.24) is 0 Å². The number of carbonyl (C=O) groups is 2. The minimum atomic E-state index is -0.678. The lowest BCUT2D eigenvalue weighted by atomic mass is 9.50. The van der Waals surface area contributed by atoms with Crippen molar-refractivity contribution in [2.75, 3.05) is 0 Å². The Kier molecular flexibility index (Phi) is 4.40. The zero-order valence-corrected chi connectivity index (χ0v) is 12.5. The zero-order chi connectivity index (χ0) is 14.9. The van der Waals surface area contributed by atoms with Crippen LogP contribution in [0.1, 0.15) is 58.8 Å². The van der Waals surface area contributed by atoms with Crippen molar-refractivity contribution in [3.05, 3.63) is 0 Å². The third-order valence-corrected chi connectivity index (χ3v) is 6.20. The molecule has 20 heavy (non-hydrogen) atoms. The molecule has 0 spiro atoms. The number of rotatable bonds is 4. The minimum Gasteiger partial charge on any atom is -0.481 e. The highest BCUT2D eigenvalue weighted by Gasteiger charge is 2.53. The Morgan fingerprint density at radius 1 is 1.00 bits per heavy atom. The van der Waals surface area contributed by atoms with Crippen LogP contribution in [0.5, 0.6) is 0 Å². The van der Waals surface area contributed by atoms with E-state index < -0.39 is 11.9 Å². The molecule has 0 bridgehead atoms. The van der Waals surface area contributed by atoms with Crippen LogP contribution in [0.2, 0.25) is 0 Å². The summed E-state index contributed by atoms with van der Waals surface area (Å²) in [5.41, 5.74) is -0.127. The van der Waals surface area contributed by atoms with E-state index in [9.17, 15) is 19.8 Å². The Morgan fingerprint density at radius 2 is 1.65 bits per heavy atom. The Labute approximate surface area is 120 Å². The normalized spacial score (nSPS) is 36.1. The van der Waals surface area contributed by atoms with Crippen molar-refractivity contribution in [3.8, 4) is 0 Å². The van der Waals surface area contributed by atoms with Crippen LogP contribution in [0.3, 0.4) is 0 Å². The van der Waals surface area contributed by atoms with E-state index >= 15 is 0 Å². The van der Waals surface area contributed by atoms with Gasteiger partial charge in [0.1, 0.15) is 0 Å². The molecule has 0 aromatic rings. The topological polar surface area (TPSA) is 74.6 Å². The number of aliphatic carboxylic acids is 2. The number of hydrogen-bond acceptors (Lipinski definition) is 2. The van der Waals surface area contributed by atoms with E-state index in [4.69, 9.17) is 0 Å². The fraction of sp³-hybridized carbons (Fsp3) is 0.875. The molecule has 2 rings (SSSR count). The molecule has 2 N–H and O–H groups in total. The maximum atomic E-state index is 11.6. The average molecular weight is 282 g/mol. The first-order valence-corrected chi connectivity index (χ1v) is 7.91. The van der Waals surface area contributed by atoms with Gasteiger partial charge in [-0.2, -0.15) is 0 Å². The molecule has 0 aromatic carbocycles. The van der Waals surface area contributed by atoms with E-state index in [0.717, 1.165) is 32.1 Å². The number of hydrogen-bond donors (Lipinski definition) is 2. The Bertz CT molecular complexity index is 386. The van der Waals surface area contributed by atoms with Crippen molar-refractivity contribution in [2.24, 2.45) is 29.1 Å². The summed E-state index contributed by atoms with van der Waals surface area (Å²) in [5, 5.41) is 18.8. The van der Waals surface area contributed by atoms with Crippen molar-refractivity contribution < 1.29 is 19.8 Å². The van der Waals surface area contributed by atoms with Crippen LogP contribution in [0, 0.1) is 29.1 Å². The zero-order valence-electron chi connectivity index (χ0n) is 12.5. The quantitative estimate of drug-likeness (QED) is 0.828. The van der Waals surface area contributed by atoms with E-state index in [-0.39, 0.29) is 17.3 Å². The number of carboxylic acids is 2. The summed E-state index contributed by atoms with van der Waals surface area (Å²) in [6.07, 6.45) is 5.71. The van der Waals surface area contributed by atoms with Gasteiger partial charge in [-0.25, -0.2) is 0 Å². The summed E-state index contributed by atoms with van der Waals surface area (Å²) in [7, 11) is 0. The highest BCUT2D eigenvalue weighted by Crippen LogP contribution is 2.57. The summed E-state index contributed by atoms with van der Waals surface area (Å²) in [5.74, 6) is -1.01. The average Bonchev–Trinajstić information content (AvgIpc) is 2.44. The van der Waals surface area contributed by atoms with Gasteiger partial charge < -0.3 is 10.2 Å². The van der Waals surface area contributed by atoms with E-state index in [1.807, 2.05) is 0 Å². The molecular weight excluding hydrogens is 256 g/mol. The predicted molar refractivity (Wildman–Crippen MR) is 75.3 cm³/mol. The summed E-state index contributed by atoms with van der Waals surface area (Å²) < 4.78 is 0. The summed E-state index contributed by atoms with van der Waals surface area (Å²) in [4.78, 5) is 22.8. The first-order valence-electron chi connectivity index (χ1n) is 7.91. The summed E-state index contributed by atoms with van der Waals surface area (Å²) in [6, 6.07) is 0. The van der Waals surface area contributed by atoms with E-state index in [2.05, 4.69) is 13.8 Å². The molecule has 2 aliphatic rings. The van der Waals surface area contributed by atoms with Gasteiger partial charge in [-0.15, -0.1) is 0 Å². The van der Waals surface area contributed by atoms with Crippen LogP contribution in [0.15, 0.2) is 0 Å². The Morgan fingerprint density at radius 3 is 2.15 bits per heavy atom. The van der Waals surface area contributed by atoms with Crippen LogP contribution >= 0.6 is 0 Å². The molecule has 0 heterocycles. The molecule has 0 aliphatic heterocycles. The van der Waals surface area contributed by atoms with Crippen molar-refractivity contribution in [1.29, 1.82) is 0 Å². The highest BCUT2D eigenvalue weighted by atomic mass is 16.4. The van der Waals surface area contributed by atoms with Gasteiger partial charge in [-0.05, 0) is 62.2 Å². The van der Waals surface area contributed by atoms with E-state index in [1.54, 1.807) is 0 Å². The predicted octanol–water partition coefficient (Wildman–Crippen LogP) is 3.40. The second kappa shape index (κ2) is 5.74. The molecular formula is C16H26O4. The van der Waals surface area contributed by atoms with Crippen LogP contribution in [-0.2, 0) is 9.59 Å². The first-order chi connectivity index (χ1) is 9.46. The monoisotopic (exact) mass is 282 g/mol. The maximum absolute atomic E-state index is 11.6. The maximum Gasteiger partial charge on any atom is 0.307 e. The molecule has 4 nitrogen and oxygen atoms in total. The van der Waals surface area contributed by atoms with Gasteiger partial charge in [0.2, 0.25) is 0 Å². The largest absolute Gasteiger partial charge is 0.481 e. The fourth-order valence-electron chi connectivity index (χ4n) is 5.13. The van der Waals surface area contributed by atoms with Crippen molar-refractivity contribution >= 4 is 11.9 Å². The van der Waals surface area contributed by atoms with Gasteiger partial charge in [0.15, 0.2) is 0 Å². The molecule has 4 heteroatoms. The molecule has 0 amide bonds. The van der Waals surface area contributed by atoms with Gasteiger partial charge in [0.05, 0.1) is 11.8 Å². The lowest BCUT2D eigenvalue weighted by Gasteiger charge is -2.54. The van der Waals surface area contributed by atoms with Crippen LogP contribution < -0.4 is 0 Å². The molecule has 4 unspecified atom stereocenters. The van der Waals surface area contributed by atoms with Gasteiger partial charge in [-0.3, -0.25) is 9.59 Å². The minimum absolute atomic E-state index is 0.127. The van der Waals surface area contributed by atoms with E-state index in [0.29, 0.717) is 24.7 Å². The molecule has 0 aromatic heterocycles. The summed E-state index contributed by atoms with van der Waals surface area (Å²) in [6.45, 7) is 4.20. The van der Waals surface area contributed by atoms with Crippen LogP contribution in [0.25, 0.3) is 0 Å². The molecule has 2 fully saturated rings. The number of carboxylic acid groups (broad SMARTS) is 2. The second-order valence-corrected chi connectivity index (χ2v) is 6.62. The van der Waals surface area contributed by atoms with Gasteiger partial charge in [0.25, 0.3) is 0 Å². The smallest absolute Gasteiger partial charge is 0.307 e. The first kappa shape index (κ1) is 15.3. The third kappa shape index (κ3) is 2.33. The number of fused-ring (bicyclic) bond motifs is 1. The van der Waals surface area contributed by atoms with E-state index in [1.165, 1.54) is 0 Å². The third-order valence-electron chi connectivity index (χ3n) is 6.20. The molecule has 4 atom stereocenters. The molecule has 0 radical (unpaired) electrons. The molecule has 2 saturated carbocycles. The lowest BCUT2D eigenvalue weighted by molar-refractivity contribution is -0.160. The molecule has 0 saturated heterocycles. The van der Waals surface area contributed by atoms with Crippen LogP contribution in [-0.4, -0.2) is 22.2 Å². The molecule has 114 valence electrons. The fourth-order valence-corrected chi connectivity index (χ4v) is 5.13. The van der Waals surface area contributed by atoms with Gasteiger partial charge in [0, 0.05) is 0 Å². The second-order valence-electron chi connectivity index (χ2n) is 6.62. The van der Waals surface area contributed by atoms with Gasteiger partial charge >= 0.3 is 11.9 Å². The van der Waals surface area contributed by atoms with Crippen LogP contribution in [0.4, 0.5) is 0 Å². The Balaban J connectivity index is 2.26. The van der Waals surface area contributed by atoms with Crippen molar-refractivity contribution in [2.45, 2.75) is 58.8 Å². The standard InChI is InChI=1S/C16H26O4/c1-3-16(4-2)12-7-6-11(14(17)18)9-10(12)5-8-13(16)15(19)20/h10-13H,3-9H2,1-2H3,(H,17,18)(H,19,20). The Hall–Kier alpha value is -1.06. The SMILES string of the molecule is CCC1(CC)C(C(=O)O)CCC2CC(C(=O)O)CCC21. The highest BCUT2D eigenvalue weighted by molar-refractivity contribution is 5.72. The van der Waals surface area contributed by atoms with Gasteiger partial charge in [-0.1, -0.05) is 13.8 Å². The lowest BCUT2D eigenvalue weighted by Crippen LogP contribution is -2.50.